The minimum atomic E-state index is -4.46. The second kappa shape index (κ2) is 10.6. The van der Waals surface area contributed by atoms with Crippen LogP contribution in [-0.2, 0) is 10.1 Å². The third-order valence-electron chi connectivity index (χ3n) is 1.79. The Morgan fingerprint density at radius 2 is 1.67 bits per heavy atom. The fraction of sp³-hybridized carbons (Fsp3) is 1.00. The molecule has 0 aromatic carbocycles. The Morgan fingerprint density at radius 1 is 1.13 bits per heavy atom. The number of rotatable bonds is 8. The molecule has 0 saturated carbocycles. The molecule has 0 aromatic heterocycles. The first kappa shape index (κ1) is 18.8. The summed E-state index contributed by atoms with van der Waals surface area (Å²) in [5.74, 6) is -0.948. The van der Waals surface area contributed by atoms with Crippen molar-refractivity contribution < 1.29 is 73.1 Å². The van der Waals surface area contributed by atoms with Gasteiger partial charge in [-0.1, -0.05) is 19.3 Å². The zero-order valence-electron chi connectivity index (χ0n) is 8.92. The third-order valence-corrected chi connectivity index (χ3v) is 2.56. The monoisotopic (exact) mass is 268 g/mol. The average Bonchev–Trinajstić information content (AvgIpc) is 2.00. The van der Waals surface area contributed by atoms with Crippen molar-refractivity contribution in [3.8, 4) is 0 Å². The Balaban J connectivity index is 0. The molecule has 7 heteroatoms. The van der Waals surface area contributed by atoms with E-state index < -0.39 is 22.0 Å². The fourth-order valence-corrected chi connectivity index (χ4v) is 1.73. The molecule has 0 aromatic rings. The minimum Gasteiger partial charge on any atom is -0.748 e. The molecule has 0 bridgehead atoms. The molecular formula is C8H15F2KO3S. The van der Waals surface area contributed by atoms with Crippen LogP contribution in [0.5, 0.6) is 0 Å². The molecule has 0 heterocycles. The minimum absolute atomic E-state index is 0. The van der Waals surface area contributed by atoms with Gasteiger partial charge in [-0.2, -0.15) is 0 Å². The van der Waals surface area contributed by atoms with E-state index in [9.17, 15) is 21.8 Å². The Bertz CT molecular complexity index is 234. The standard InChI is InChI=1S/C8H16F2O3S.K/c9-6-4-2-1-3-5-8(10)7-14(11,12)13;/h8H,1-7H2,(H,11,12,13);/q;+1/p-1. The zero-order chi connectivity index (χ0) is 11.0. The van der Waals surface area contributed by atoms with Gasteiger partial charge in [-0.15, -0.1) is 0 Å². The molecule has 0 radical (unpaired) electrons. The molecule has 3 nitrogen and oxygen atoms in total. The van der Waals surface area contributed by atoms with Crippen LogP contribution in [0.2, 0.25) is 0 Å². The van der Waals surface area contributed by atoms with E-state index in [1.54, 1.807) is 0 Å². The SMILES string of the molecule is O=S(=O)([O-])CC(F)CCCCCCF.[K+]. The Hall–Kier alpha value is 1.41. The second-order valence-corrected chi connectivity index (χ2v) is 4.66. The summed E-state index contributed by atoms with van der Waals surface area (Å²) in [7, 11) is -4.46. The molecule has 0 aliphatic rings. The number of alkyl halides is 2. The summed E-state index contributed by atoms with van der Waals surface area (Å²) in [6.45, 7) is -0.381. The Morgan fingerprint density at radius 3 is 2.13 bits per heavy atom. The van der Waals surface area contributed by atoms with Crippen molar-refractivity contribution >= 4 is 10.1 Å². The molecular weight excluding hydrogens is 253 g/mol. The van der Waals surface area contributed by atoms with Gasteiger partial charge in [-0.25, -0.2) is 12.8 Å². The van der Waals surface area contributed by atoms with E-state index in [0.717, 1.165) is 0 Å². The fourth-order valence-electron chi connectivity index (χ4n) is 1.12. The number of unbranched alkanes of at least 4 members (excludes halogenated alkanes) is 3. The van der Waals surface area contributed by atoms with Crippen LogP contribution in [0.4, 0.5) is 8.78 Å². The first-order valence-corrected chi connectivity index (χ1v) is 6.17. The van der Waals surface area contributed by atoms with Crippen LogP contribution >= 0.6 is 0 Å². The Kier molecular flexibility index (Phi) is 13.2. The van der Waals surface area contributed by atoms with Gasteiger partial charge in [0.2, 0.25) is 0 Å². The van der Waals surface area contributed by atoms with Gasteiger partial charge in [-0.3, -0.25) is 4.39 Å². The van der Waals surface area contributed by atoms with Gasteiger partial charge in [-0.05, 0) is 12.8 Å². The molecule has 1 atom stereocenters. The molecule has 0 spiro atoms. The number of halogens is 2. The molecule has 0 saturated heterocycles. The molecule has 86 valence electrons. The van der Waals surface area contributed by atoms with Crippen LogP contribution in [0.1, 0.15) is 32.1 Å². The third kappa shape index (κ3) is 15.4. The maximum absolute atomic E-state index is 12.8. The van der Waals surface area contributed by atoms with Crippen molar-refractivity contribution in [2.24, 2.45) is 0 Å². The van der Waals surface area contributed by atoms with E-state index in [0.29, 0.717) is 25.7 Å². The molecule has 0 amide bonds. The maximum atomic E-state index is 12.8. The molecule has 0 aliphatic heterocycles. The summed E-state index contributed by atoms with van der Waals surface area (Å²) in [6.07, 6.45) is 0.778. The van der Waals surface area contributed by atoms with Crippen LogP contribution < -0.4 is 51.4 Å². The van der Waals surface area contributed by atoms with Gasteiger partial charge in [0.25, 0.3) is 0 Å². The average molecular weight is 268 g/mol. The molecule has 0 N–H and O–H groups in total. The summed E-state index contributed by atoms with van der Waals surface area (Å²) in [4.78, 5) is 0. The predicted molar refractivity (Wildman–Crippen MR) is 48.5 cm³/mol. The van der Waals surface area contributed by atoms with Gasteiger partial charge in [0.05, 0.1) is 22.5 Å². The molecule has 0 fully saturated rings. The predicted octanol–water partition coefficient (Wildman–Crippen LogP) is -1.21. The zero-order valence-corrected chi connectivity index (χ0v) is 12.9. The quantitative estimate of drug-likeness (QED) is 0.315. The van der Waals surface area contributed by atoms with Gasteiger partial charge < -0.3 is 4.55 Å². The second-order valence-electron chi connectivity index (χ2n) is 3.21. The molecule has 0 rings (SSSR count). The number of hydrogen-bond donors (Lipinski definition) is 0. The maximum Gasteiger partial charge on any atom is 1.00 e. The smallest absolute Gasteiger partial charge is 0.748 e. The summed E-state index contributed by atoms with van der Waals surface area (Å²) >= 11 is 0. The largest absolute Gasteiger partial charge is 1.00 e. The van der Waals surface area contributed by atoms with Gasteiger partial charge >= 0.3 is 51.4 Å². The summed E-state index contributed by atoms with van der Waals surface area (Å²) in [6, 6.07) is 0. The van der Waals surface area contributed by atoms with E-state index in [1.165, 1.54) is 0 Å². The van der Waals surface area contributed by atoms with Crippen molar-refractivity contribution in [2.75, 3.05) is 12.4 Å². The summed E-state index contributed by atoms with van der Waals surface area (Å²) in [5, 5.41) is 0. The number of hydrogen-bond acceptors (Lipinski definition) is 3. The Labute approximate surface area is 132 Å². The van der Waals surface area contributed by atoms with E-state index in [-0.39, 0.29) is 64.5 Å². The van der Waals surface area contributed by atoms with Crippen molar-refractivity contribution in [1.82, 2.24) is 0 Å². The topological polar surface area (TPSA) is 57.2 Å². The van der Waals surface area contributed by atoms with E-state index in [2.05, 4.69) is 0 Å². The van der Waals surface area contributed by atoms with E-state index >= 15 is 0 Å². The van der Waals surface area contributed by atoms with E-state index in [4.69, 9.17) is 0 Å². The van der Waals surface area contributed by atoms with Gasteiger partial charge in [0.1, 0.15) is 6.17 Å². The van der Waals surface area contributed by atoms with Crippen LogP contribution in [-0.4, -0.2) is 31.6 Å². The summed E-state index contributed by atoms with van der Waals surface area (Å²) in [5.41, 5.74) is 0. The normalized spacial score (nSPS) is 13.3. The first-order chi connectivity index (χ1) is 6.45. The van der Waals surface area contributed by atoms with Crippen molar-refractivity contribution in [3.05, 3.63) is 0 Å². The molecule has 0 aliphatic carbocycles. The van der Waals surface area contributed by atoms with Crippen LogP contribution in [0, 0.1) is 0 Å². The summed E-state index contributed by atoms with van der Waals surface area (Å²) < 4.78 is 54.8. The van der Waals surface area contributed by atoms with E-state index in [1.807, 2.05) is 0 Å². The van der Waals surface area contributed by atoms with Gasteiger partial charge in [0, 0.05) is 0 Å². The van der Waals surface area contributed by atoms with Crippen molar-refractivity contribution in [3.63, 3.8) is 0 Å². The molecule has 1 unspecified atom stereocenters. The van der Waals surface area contributed by atoms with Crippen LogP contribution in [0.15, 0.2) is 0 Å². The van der Waals surface area contributed by atoms with Gasteiger partial charge in [0.15, 0.2) is 0 Å². The van der Waals surface area contributed by atoms with Crippen LogP contribution in [0.3, 0.4) is 0 Å². The van der Waals surface area contributed by atoms with Crippen molar-refractivity contribution in [2.45, 2.75) is 38.3 Å². The first-order valence-electron chi connectivity index (χ1n) is 4.59. The molecule has 15 heavy (non-hydrogen) atoms. The van der Waals surface area contributed by atoms with Crippen molar-refractivity contribution in [1.29, 1.82) is 0 Å². The van der Waals surface area contributed by atoms with Crippen LogP contribution in [0.25, 0.3) is 0 Å².